The van der Waals surface area contributed by atoms with E-state index in [9.17, 15) is 0 Å². The molecule has 0 saturated heterocycles. The topological polar surface area (TPSA) is 0 Å². The number of fused-ring (bicyclic) bond motifs is 3. The van der Waals surface area contributed by atoms with Crippen molar-refractivity contribution >= 4 is 0 Å². The van der Waals surface area contributed by atoms with E-state index in [2.05, 4.69) is 126 Å². The maximum absolute atomic E-state index is 2.47. The lowest BCUT2D eigenvalue weighted by Gasteiger charge is -2.29. The van der Waals surface area contributed by atoms with Crippen LogP contribution in [0.2, 0.25) is 0 Å². The highest BCUT2D eigenvalue weighted by molar-refractivity contribution is 5.93. The van der Waals surface area contributed by atoms with Gasteiger partial charge >= 0.3 is 0 Å². The summed E-state index contributed by atoms with van der Waals surface area (Å²) in [6.07, 6.45) is 0.997. The van der Waals surface area contributed by atoms with E-state index in [0.717, 1.165) is 6.42 Å². The highest BCUT2D eigenvalue weighted by Gasteiger charge is 2.31. The van der Waals surface area contributed by atoms with Crippen LogP contribution in [0.15, 0.2) is 84.9 Å². The molecule has 0 nitrogen and oxygen atoms in total. The minimum atomic E-state index is 0.0106. The van der Waals surface area contributed by atoms with Gasteiger partial charge in [0, 0.05) is 0 Å². The van der Waals surface area contributed by atoms with Crippen LogP contribution in [0.5, 0.6) is 0 Å². The number of benzene rings is 4. The lowest BCUT2D eigenvalue weighted by atomic mass is 9.74. The molecule has 0 saturated carbocycles. The molecule has 0 radical (unpaired) electrons. The Morgan fingerprint density at radius 2 is 1.15 bits per heavy atom. The van der Waals surface area contributed by atoms with E-state index in [-0.39, 0.29) is 10.8 Å². The second kappa shape index (κ2) is 7.73. The summed E-state index contributed by atoms with van der Waals surface area (Å²) in [6, 6.07) is 31.6. The molecule has 0 amide bonds. The van der Waals surface area contributed by atoms with E-state index in [4.69, 9.17) is 0 Å². The molecule has 0 atom stereocenters. The van der Waals surface area contributed by atoms with Gasteiger partial charge in [0.1, 0.15) is 0 Å². The Bertz CT molecular complexity index is 1310. The number of hydrogen-bond acceptors (Lipinski definition) is 0. The van der Waals surface area contributed by atoms with Crippen molar-refractivity contribution in [1.29, 1.82) is 0 Å². The van der Waals surface area contributed by atoms with Crippen LogP contribution < -0.4 is 0 Å². The van der Waals surface area contributed by atoms with Gasteiger partial charge in [0.05, 0.1) is 0 Å². The number of rotatable bonds is 2. The monoisotopic (exact) mass is 430 g/mol. The van der Waals surface area contributed by atoms with Crippen molar-refractivity contribution in [2.45, 2.75) is 58.8 Å². The van der Waals surface area contributed by atoms with Gasteiger partial charge in [-0.15, -0.1) is 0 Å². The smallest absolute Gasteiger partial charge is 0.000707 e. The molecule has 4 aromatic rings. The molecule has 166 valence electrons. The quantitative estimate of drug-likeness (QED) is 0.262. The van der Waals surface area contributed by atoms with E-state index in [0.29, 0.717) is 0 Å². The van der Waals surface area contributed by atoms with Crippen LogP contribution in [0.4, 0.5) is 0 Å². The Labute approximate surface area is 199 Å². The van der Waals surface area contributed by atoms with Crippen LogP contribution in [0, 0.1) is 0 Å². The van der Waals surface area contributed by atoms with Crippen LogP contribution >= 0.6 is 0 Å². The molecule has 0 heterocycles. The zero-order valence-corrected chi connectivity index (χ0v) is 20.8. The third-order valence-corrected chi connectivity index (χ3v) is 6.96. The van der Waals surface area contributed by atoms with E-state index in [1.807, 2.05) is 0 Å². The van der Waals surface area contributed by atoms with Crippen LogP contribution in [0.25, 0.3) is 33.4 Å². The Morgan fingerprint density at radius 1 is 0.545 bits per heavy atom. The molecule has 1 aliphatic rings. The first-order chi connectivity index (χ1) is 15.6. The van der Waals surface area contributed by atoms with E-state index in [1.54, 1.807) is 0 Å². The maximum atomic E-state index is 2.47. The van der Waals surface area contributed by atoms with Crippen molar-refractivity contribution in [2.24, 2.45) is 0 Å². The second-order valence-corrected chi connectivity index (χ2v) is 11.5. The van der Waals surface area contributed by atoms with E-state index in [1.165, 1.54) is 55.6 Å². The molecule has 0 spiro atoms. The first-order valence-electron chi connectivity index (χ1n) is 12.1. The largest absolute Gasteiger partial charge is 0.0622 e. The number of hydrogen-bond donors (Lipinski definition) is 0. The summed E-state index contributed by atoms with van der Waals surface area (Å²) in [7, 11) is 0. The van der Waals surface area contributed by atoms with Gasteiger partial charge < -0.3 is 0 Å². The molecule has 1 aliphatic carbocycles. The Hall–Kier alpha value is -3.12. The summed E-state index contributed by atoms with van der Waals surface area (Å²) in [5.41, 5.74) is 14.1. The van der Waals surface area contributed by atoms with Crippen molar-refractivity contribution in [3.8, 4) is 33.4 Å². The van der Waals surface area contributed by atoms with Gasteiger partial charge in [-0.25, -0.2) is 0 Å². The van der Waals surface area contributed by atoms with Crippen molar-refractivity contribution in [2.75, 3.05) is 0 Å². The van der Waals surface area contributed by atoms with Gasteiger partial charge in [-0.1, -0.05) is 120 Å². The molecule has 0 unspecified atom stereocenters. The first-order valence-corrected chi connectivity index (χ1v) is 12.1. The van der Waals surface area contributed by atoms with Crippen LogP contribution in [-0.2, 0) is 17.3 Å². The predicted octanol–water partition coefficient (Wildman–Crippen LogP) is 9.19. The molecule has 0 aliphatic heterocycles. The summed E-state index contributed by atoms with van der Waals surface area (Å²) in [5, 5.41) is 0. The summed E-state index contributed by atoms with van der Waals surface area (Å²) < 4.78 is 0. The van der Waals surface area contributed by atoms with Gasteiger partial charge in [-0.2, -0.15) is 0 Å². The minimum absolute atomic E-state index is 0.0106. The summed E-state index contributed by atoms with van der Waals surface area (Å²) >= 11 is 0. The highest BCUT2D eigenvalue weighted by atomic mass is 14.3. The van der Waals surface area contributed by atoms with Gasteiger partial charge in [-0.3, -0.25) is 0 Å². The fourth-order valence-electron chi connectivity index (χ4n) is 5.36. The van der Waals surface area contributed by atoms with Crippen LogP contribution in [-0.4, -0.2) is 0 Å². The molecule has 5 rings (SSSR count). The Balaban J connectivity index is 1.86. The normalized spacial score (nSPS) is 13.0. The Kier molecular flexibility index (Phi) is 5.09. The molecule has 33 heavy (non-hydrogen) atoms. The summed E-state index contributed by atoms with van der Waals surface area (Å²) in [4.78, 5) is 0. The van der Waals surface area contributed by atoms with E-state index >= 15 is 0 Å². The predicted molar refractivity (Wildman–Crippen MR) is 143 cm³/mol. The molecule has 0 aromatic heterocycles. The zero-order chi connectivity index (χ0) is 23.4. The second-order valence-electron chi connectivity index (χ2n) is 11.5. The molecule has 0 bridgehead atoms. The average molecular weight is 431 g/mol. The minimum Gasteiger partial charge on any atom is -0.0622 e. The molecule has 4 aromatic carbocycles. The van der Waals surface area contributed by atoms with E-state index < -0.39 is 0 Å². The third kappa shape index (κ3) is 3.82. The lowest BCUT2D eigenvalue weighted by Crippen LogP contribution is -2.16. The van der Waals surface area contributed by atoms with Crippen LogP contribution in [0.3, 0.4) is 0 Å². The zero-order valence-electron chi connectivity index (χ0n) is 20.8. The van der Waals surface area contributed by atoms with Crippen molar-refractivity contribution < 1.29 is 0 Å². The van der Waals surface area contributed by atoms with Crippen LogP contribution in [0.1, 0.15) is 63.8 Å². The lowest BCUT2D eigenvalue weighted by molar-refractivity contribution is 0.589. The summed E-state index contributed by atoms with van der Waals surface area (Å²) in [6.45, 7) is 14.0. The average Bonchev–Trinajstić information content (AvgIpc) is 3.15. The summed E-state index contributed by atoms with van der Waals surface area (Å²) in [5.74, 6) is 0. The third-order valence-electron chi connectivity index (χ3n) is 6.96. The van der Waals surface area contributed by atoms with Gasteiger partial charge in [0.15, 0.2) is 0 Å². The molecule has 0 N–H and O–H groups in total. The maximum Gasteiger partial charge on any atom is -0.000707 e. The van der Waals surface area contributed by atoms with Gasteiger partial charge in [-0.05, 0) is 79.0 Å². The molecule has 0 fully saturated rings. The first kappa shape index (κ1) is 21.7. The fraction of sp³-hybridized carbons (Fsp3) is 0.273. The molecule has 0 heteroatoms. The molecular weight excluding hydrogens is 396 g/mol. The highest BCUT2D eigenvalue weighted by Crippen LogP contribution is 2.50. The molecular formula is C33H34. The standard InChI is InChI=1S/C33H34/c1-32(2,3)25-17-18-26-24(19-25)20-29-28(26)21-27(22-13-9-7-10-14-22)31(33(4,5)6)30(29)23-15-11-8-12-16-23/h7-19,21H,20H2,1-6H3. The fourth-order valence-corrected chi connectivity index (χ4v) is 5.36. The van der Waals surface area contributed by atoms with Gasteiger partial charge in [0.2, 0.25) is 0 Å². The van der Waals surface area contributed by atoms with Crippen molar-refractivity contribution in [3.05, 3.63) is 107 Å². The van der Waals surface area contributed by atoms with Crippen molar-refractivity contribution in [3.63, 3.8) is 0 Å². The Morgan fingerprint density at radius 3 is 1.73 bits per heavy atom. The SMILES string of the molecule is CC(C)(C)c1ccc2c(c1)Cc1c-2cc(-c2ccccc2)c(C(C)(C)C)c1-c1ccccc1. The van der Waals surface area contributed by atoms with Gasteiger partial charge in [0.25, 0.3) is 0 Å². The van der Waals surface area contributed by atoms with Crippen molar-refractivity contribution in [1.82, 2.24) is 0 Å².